The second kappa shape index (κ2) is 4.21. The van der Waals surface area contributed by atoms with E-state index >= 15 is 0 Å². The van der Waals surface area contributed by atoms with Crippen molar-refractivity contribution in [3.8, 4) is 0 Å². The number of amides is 1. The van der Waals surface area contributed by atoms with Gasteiger partial charge in [-0.05, 0) is 11.8 Å². The molecule has 1 fully saturated rings. The zero-order chi connectivity index (χ0) is 11.6. The number of likely N-dealkylation sites (tertiary alicyclic amines) is 1. The largest absolute Gasteiger partial charge is 0.467 e. The van der Waals surface area contributed by atoms with Crippen molar-refractivity contribution < 1.29 is 14.3 Å². The minimum Gasteiger partial charge on any atom is -0.467 e. The van der Waals surface area contributed by atoms with Crippen molar-refractivity contribution in [3.05, 3.63) is 0 Å². The molecule has 1 saturated heterocycles. The van der Waals surface area contributed by atoms with Gasteiger partial charge in [-0.15, -0.1) is 0 Å². The van der Waals surface area contributed by atoms with Crippen LogP contribution in [0.4, 0.5) is 0 Å². The van der Waals surface area contributed by atoms with Crippen molar-refractivity contribution in [2.45, 2.75) is 39.7 Å². The minimum absolute atomic E-state index is 0.0559. The number of esters is 1. The smallest absolute Gasteiger partial charge is 0.329 e. The molecular formula is C11H19NO3. The summed E-state index contributed by atoms with van der Waals surface area (Å²) in [5.41, 5.74) is -0.285. The zero-order valence-electron chi connectivity index (χ0n) is 9.87. The van der Waals surface area contributed by atoms with E-state index in [1.54, 1.807) is 4.90 Å². The highest BCUT2D eigenvalue weighted by molar-refractivity contribution is 5.86. The lowest BCUT2D eigenvalue weighted by Crippen LogP contribution is -2.50. The Morgan fingerprint density at radius 2 is 2.07 bits per heavy atom. The second-order valence-electron chi connectivity index (χ2n) is 4.98. The van der Waals surface area contributed by atoms with Crippen molar-refractivity contribution in [3.63, 3.8) is 0 Å². The predicted molar refractivity (Wildman–Crippen MR) is 56.2 cm³/mol. The molecule has 0 N–H and O–H groups in total. The number of carbonyl (C=O) groups is 2. The number of hydrogen-bond donors (Lipinski definition) is 0. The first kappa shape index (κ1) is 12.0. The van der Waals surface area contributed by atoms with Gasteiger partial charge in [0.05, 0.1) is 7.11 Å². The molecule has 0 aromatic carbocycles. The predicted octanol–water partition coefficient (Wildman–Crippen LogP) is 1.20. The van der Waals surface area contributed by atoms with Gasteiger partial charge in [-0.2, -0.15) is 0 Å². The van der Waals surface area contributed by atoms with Gasteiger partial charge < -0.3 is 9.64 Å². The van der Waals surface area contributed by atoms with Crippen molar-refractivity contribution >= 4 is 11.9 Å². The Morgan fingerprint density at radius 1 is 1.47 bits per heavy atom. The van der Waals surface area contributed by atoms with Crippen LogP contribution in [0.5, 0.6) is 0 Å². The highest BCUT2D eigenvalue weighted by atomic mass is 16.5. The van der Waals surface area contributed by atoms with Gasteiger partial charge in [-0.1, -0.05) is 20.8 Å². The van der Waals surface area contributed by atoms with Gasteiger partial charge in [0, 0.05) is 13.0 Å². The summed E-state index contributed by atoms with van der Waals surface area (Å²) < 4.78 is 4.77. The summed E-state index contributed by atoms with van der Waals surface area (Å²) in [6.45, 7) is 6.50. The van der Waals surface area contributed by atoms with E-state index in [9.17, 15) is 9.59 Å². The number of carbonyl (C=O) groups excluding carboxylic acids is 2. The van der Waals surface area contributed by atoms with E-state index in [4.69, 9.17) is 4.74 Å². The molecule has 4 heteroatoms. The summed E-state index contributed by atoms with van der Waals surface area (Å²) >= 11 is 0. The summed E-state index contributed by atoms with van der Waals surface area (Å²) in [5.74, 6) is -0.266. The van der Waals surface area contributed by atoms with Crippen LogP contribution in [0.1, 0.15) is 33.6 Å². The standard InChI is InChI=1S/C11H19NO3/c1-11(2,3)9(10(14)15-4)12-7-5-6-8(12)13/h9H,5-7H2,1-4H3/t9-/m1/s1. The summed E-state index contributed by atoms with van der Waals surface area (Å²) in [7, 11) is 1.36. The van der Waals surface area contributed by atoms with E-state index in [1.165, 1.54) is 7.11 Å². The van der Waals surface area contributed by atoms with E-state index in [0.29, 0.717) is 13.0 Å². The SMILES string of the molecule is COC(=O)[C@@H](N1CCCC1=O)C(C)(C)C. The lowest BCUT2D eigenvalue weighted by atomic mass is 9.85. The number of methoxy groups -OCH3 is 1. The fourth-order valence-electron chi connectivity index (χ4n) is 2.00. The van der Waals surface area contributed by atoms with Gasteiger partial charge >= 0.3 is 5.97 Å². The zero-order valence-corrected chi connectivity index (χ0v) is 9.87. The van der Waals surface area contributed by atoms with Crippen LogP contribution in [0.25, 0.3) is 0 Å². The molecule has 0 spiro atoms. The fraction of sp³-hybridized carbons (Fsp3) is 0.818. The number of hydrogen-bond acceptors (Lipinski definition) is 3. The summed E-state index contributed by atoms with van der Waals surface area (Å²) in [6, 6.07) is -0.461. The summed E-state index contributed by atoms with van der Waals surface area (Å²) in [6.07, 6.45) is 1.38. The molecule has 86 valence electrons. The van der Waals surface area contributed by atoms with Crippen molar-refractivity contribution in [2.75, 3.05) is 13.7 Å². The molecule has 0 aromatic heterocycles. The number of rotatable bonds is 2. The van der Waals surface area contributed by atoms with Crippen LogP contribution in [0, 0.1) is 5.41 Å². The highest BCUT2D eigenvalue weighted by Crippen LogP contribution is 2.28. The van der Waals surface area contributed by atoms with Crippen LogP contribution < -0.4 is 0 Å². The third-order valence-corrected chi connectivity index (χ3v) is 2.67. The third kappa shape index (κ3) is 2.49. The van der Waals surface area contributed by atoms with E-state index < -0.39 is 6.04 Å². The van der Waals surface area contributed by atoms with Crippen LogP contribution in [0.3, 0.4) is 0 Å². The van der Waals surface area contributed by atoms with Crippen molar-refractivity contribution in [1.82, 2.24) is 4.90 Å². The Morgan fingerprint density at radius 3 is 2.40 bits per heavy atom. The van der Waals surface area contributed by atoms with E-state index in [2.05, 4.69) is 0 Å². The molecular weight excluding hydrogens is 194 g/mol. The average molecular weight is 213 g/mol. The van der Waals surface area contributed by atoms with E-state index in [1.807, 2.05) is 20.8 Å². The normalized spacial score (nSPS) is 19.2. The molecule has 1 rings (SSSR count). The Kier molecular flexibility index (Phi) is 3.37. The highest BCUT2D eigenvalue weighted by Gasteiger charge is 2.41. The van der Waals surface area contributed by atoms with Gasteiger partial charge in [-0.3, -0.25) is 4.79 Å². The second-order valence-corrected chi connectivity index (χ2v) is 4.98. The molecule has 0 aromatic rings. The molecule has 1 heterocycles. The summed E-state index contributed by atoms with van der Waals surface area (Å²) in [5, 5.41) is 0. The molecule has 0 bridgehead atoms. The maximum Gasteiger partial charge on any atom is 0.329 e. The molecule has 4 nitrogen and oxygen atoms in total. The van der Waals surface area contributed by atoms with Crippen LogP contribution in [-0.2, 0) is 14.3 Å². The monoisotopic (exact) mass is 213 g/mol. The van der Waals surface area contributed by atoms with Crippen LogP contribution in [0.2, 0.25) is 0 Å². The van der Waals surface area contributed by atoms with Gasteiger partial charge in [0.2, 0.25) is 5.91 Å². The molecule has 1 amide bonds. The van der Waals surface area contributed by atoms with Gasteiger partial charge in [0.25, 0.3) is 0 Å². The quantitative estimate of drug-likeness (QED) is 0.647. The molecule has 1 aliphatic heterocycles. The fourth-order valence-corrected chi connectivity index (χ4v) is 2.00. The van der Waals surface area contributed by atoms with Gasteiger partial charge in [-0.25, -0.2) is 4.79 Å². The molecule has 0 aliphatic carbocycles. The van der Waals surface area contributed by atoms with Crippen LogP contribution in [0.15, 0.2) is 0 Å². The maximum atomic E-state index is 11.7. The van der Waals surface area contributed by atoms with Gasteiger partial charge in [0.1, 0.15) is 6.04 Å². The average Bonchev–Trinajstić information content (AvgIpc) is 2.50. The maximum absolute atomic E-state index is 11.7. The van der Waals surface area contributed by atoms with Crippen molar-refractivity contribution in [1.29, 1.82) is 0 Å². The Balaban J connectivity index is 2.90. The number of ether oxygens (including phenoxy) is 1. The van der Waals surface area contributed by atoms with Crippen LogP contribution in [-0.4, -0.2) is 36.5 Å². The first-order valence-electron chi connectivity index (χ1n) is 5.25. The van der Waals surface area contributed by atoms with Gasteiger partial charge in [0.15, 0.2) is 0 Å². The Labute approximate surface area is 90.6 Å². The third-order valence-electron chi connectivity index (χ3n) is 2.67. The first-order valence-corrected chi connectivity index (χ1v) is 5.25. The number of nitrogens with zero attached hydrogens (tertiary/aromatic N) is 1. The molecule has 1 aliphatic rings. The summed E-state index contributed by atoms with van der Waals surface area (Å²) in [4.78, 5) is 24.9. The minimum atomic E-state index is -0.461. The molecule has 0 unspecified atom stereocenters. The topological polar surface area (TPSA) is 46.6 Å². The first-order chi connectivity index (χ1) is 6.88. The molecule has 15 heavy (non-hydrogen) atoms. The van der Waals surface area contributed by atoms with E-state index in [-0.39, 0.29) is 17.3 Å². The van der Waals surface area contributed by atoms with E-state index in [0.717, 1.165) is 6.42 Å². The molecule has 1 atom stereocenters. The lowest BCUT2D eigenvalue weighted by Gasteiger charge is -2.35. The van der Waals surface area contributed by atoms with Crippen molar-refractivity contribution in [2.24, 2.45) is 5.41 Å². The molecule has 0 saturated carbocycles. The Hall–Kier alpha value is -1.06. The lowest BCUT2D eigenvalue weighted by molar-refractivity contribution is -0.155. The van der Waals surface area contributed by atoms with Crippen LogP contribution >= 0.6 is 0 Å². The Bertz CT molecular complexity index is 267. The molecule has 0 radical (unpaired) electrons.